The van der Waals surface area contributed by atoms with Crippen LogP contribution in [0.3, 0.4) is 0 Å². The third-order valence-corrected chi connectivity index (χ3v) is 2.67. The van der Waals surface area contributed by atoms with E-state index in [1.807, 2.05) is 0 Å². The van der Waals surface area contributed by atoms with Gasteiger partial charge in [0, 0.05) is 13.1 Å². The Morgan fingerprint density at radius 2 is 1.48 bits per heavy atom. The minimum absolute atomic E-state index is 0.0362. The molecule has 0 aromatic rings. The van der Waals surface area contributed by atoms with E-state index in [0.717, 1.165) is 4.90 Å². The van der Waals surface area contributed by atoms with Crippen LogP contribution in [0, 0.1) is 0 Å². The zero-order valence-electron chi connectivity index (χ0n) is 16.0. The van der Waals surface area contributed by atoms with Crippen LogP contribution in [0.25, 0.3) is 0 Å². The highest BCUT2D eigenvalue weighted by Gasteiger charge is 2.26. The van der Waals surface area contributed by atoms with Crippen LogP contribution in [0.2, 0.25) is 0 Å². The number of carbonyl (C=O) groups excluding carboxylic acids is 2. The van der Waals surface area contributed by atoms with E-state index in [4.69, 9.17) is 15.2 Å². The summed E-state index contributed by atoms with van der Waals surface area (Å²) in [5, 5.41) is 22.2. The molecule has 0 fully saturated rings. The number of rotatable bonds is 7. The largest absolute Gasteiger partial charge is 0.444 e. The second-order valence-corrected chi connectivity index (χ2v) is 7.81. The van der Waals surface area contributed by atoms with E-state index in [9.17, 15) is 19.8 Å². The summed E-state index contributed by atoms with van der Waals surface area (Å²) in [6.07, 6.45) is -3.36. The topological polar surface area (TPSA) is 134 Å². The summed E-state index contributed by atoms with van der Waals surface area (Å²) >= 11 is 0. The molecule has 0 aliphatic heterocycles. The second-order valence-electron chi connectivity index (χ2n) is 7.81. The maximum Gasteiger partial charge on any atom is 0.410 e. The fourth-order valence-electron chi connectivity index (χ4n) is 1.71. The molecule has 25 heavy (non-hydrogen) atoms. The SMILES string of the molecule is CC(C)(C)OC(=O)NC[C@H](O)CN(C[C@@H](O)CN)C(=O)OC(C)(C)C. The first kappa shape index (κ1) is 23.4. The van der Waals surface area contributed by atoms with Gasteiger partial charge < -0.3 is 35.6 Å². The number of nitrogens with two attached hydrogens (primary N) is 1. The summed E-state index contributed by atoms with van der Waals surface area (Å²) in [5.74, 6) is 0. The van der Waals surface area contributed by atoms with Gasteiger partial charge >= 0.3 is 12.2 Å². The number of nitrogens with zero attached hydrogens (tertiary/aromatic N) is 1. The van der Waals surface area contributed by atoms with Crippen molar-refractivity contribution < 1.29 is 29.3 Å². The summed E-state index contributed by atoms with van der Waals surface area (Å²) in [4.78, 5) is 24.9. The minimum Gasteiger partial charge on any atom is -0.444 e. The van der Waals surface area contributed by atoms with E-state index in [1.165, 1.54) is 0 Å². The Morgan fingerprint density at radius 3 is 1.92 bits per heavy atom. The number of hydrogen-bond acceptors (Lipinski definition) is 7. The highest BCUT2D eigenvalue weighted by atomic mass is 16.6. The van der Waals surface area contributed by atoms with Crippen molar-refractivity contribution in [3.8, 4) is 0 Å². The summed E-state index contributed by atoms with van der Waals surface area (Å²) in [6, 6.07) is 0. The quantitative estimate of drug-likeness (QED) is 0.515. The standard InChI is InChI=1S/C16H33N3O6/c1-15(2,3)24-13(22)18-8-12(21)10-19(9-11(20)7-17)14(23)25-16(4,5)6/h11-12,20-21H,7-10,17H2,1-6H3,(H,18,22)/t11-,12-/m0/s1. The van der Waals surface area contributed by atoms with Gasteiger partial charge in [-0.15, -0.1) is 0 Å². The van der Waals surface area contributed by atoms with Gasteiger partial charge in [0.15, 0.2) is 0 Å². The maximum absolute atomic E-state index is 12.2. The molecular formula is C16H33N3O6. The maximum atomic E-state index is 12.2. The van der Waals surface area contributed by atoms with Crippen LogP contribution in [0.5, 0.6) is 0 Å². The van der Waals surface area contributed by atoms with Crippen LogP contribution >= 0.6 is 0 Å². The molecule has 148 valence electrons. The van der Waals surface area contributed by atoms with Gasteiger partial charge in [0.1, 0.15) is 11.2 Å². The molecule has 5 N–H and O–H groups in total. The highest BCUT2D eigenvalue weighted by Crippen LogP contribution is 2.11. The number of hydrogen-bond donors (Lipinski definition) is 4. The Kier molecular flexibility index (Phi) is 9.17. The molecule has 0 bridgehead atoms. The molecule has 0 unspecified atom stereocenters. The Balaban J connectivity index is 4.67. The monoisotopic (exact) mass is 363 g/mol. The lowest BCUT2D eigenvalue weighted by molar-refractivity contribution is 0.00362. The number of nitrogens with one attached hydrogen (secondary N) is 1. The Morgan fingerprint density at radius 1 is 1.00 bits per heavy atom. The molecule has 0 saturated carbocycles. The van der Waals surface area contributed by atoms with Gasteiger partial charge in [-0.25, -0.2) is 9.59 Å². The number of amides is 2. The van der Waals surface area contributed by atoms with Crippen LogP contribution in [0.15, 0.2) is 0 Å². The zero-order chi connectivity index (χ0) is 19.8. The molecule has 0 rings (SSSR count). The van der Waals surface area contributed by atoms with Crippen molar-refractivity contribution in [3.63, 3.8) is 0 Å². The van der Waals surface area contributed by atoms with Crippen LogP contribution in [0.1, 0.15) is 41.5 Å². The van der Waals surface area contributed by atoms with E-state index in [-0.39, 0.29) is 26.2 Å². The van der Waals surface area contributed by atoms with E-state index < -0.39 is 35.6 Å². The van der Waals surface area contributed by atoms with Crippen molar-refractivity contribution >= 4 is 12.2 Å². The number of alkyl carbamates (subject to hydrolysis) is 1. The Bertz CT molecular complexity index is 431. The van der Waals surface area contributed by atoms with E-state index in [0.29, 0.717) is 0 Å². The van der Waals surface area contributed by atoms with Gasteiger partial charge in [0.05, 0.1) is 25.3 Å². The Labute approximate surface area is 149 Å². The molecule has 0 aromatic heterocycles. The third-order valence-electron chi connectivity index (χ3n) is 2.67. The number of aliphatic hydroxyl groups is 2. The van der Waals surface area contributed by atoms with Crippen molar-refractivity contribution in [1.82, 2.24) is 10.2 Å². The average molecular weight is 363 g/mol. The van der Waals surface area contributed by atoms with Crippen LogP contribution < -0.4 is 11.1 Å². The predicted octanol–water partition coefficient (Wildman–Crippen LogP) is 0.429. The number of aliphatic hydroxyl groups excluding tert-OH is 2. The molecule has 0 heterocycles. The molecule has 0 aliphatic carbocycles. The summed E-state index contributed by atoms with van der Waals surface area (Å²) < 4.78 is 10.3. The van der Waals surface area contributed by atoms with Gasteiger partial charge in [0.2, 0.25) is 0 Å². The Hall–Kier alpha value is -1.58. The molecule has 0 saturated heterocycles. The van der Waals surface area contributed by atoms with Crippen LogP contribution in [-0.4, -0.2) is 76.9 Å². The van der Waals surface area contributed by atoms with Crippen LogP contribution in [0.4, 0.5) is 9.59 Å². The van der Waals surface area contributed by atoms with E-state index in [1.54, 1.807) is 41.5 Å². The van der Waals surface area contributed by atoms with Crippen molar-refractivity contribution in [2.75, 3.05) is 26.2 Å². The van der Waals surface area contributed by atoms with Gasteiger partial charge in [-0.3, -0.25) is 0 Å². The lowest BCUT2D eigenvalue weighted by Gasteiger charge is -2.30. The van der Waals surface area contributed by atoms with Crippen molar-refractivity contribution in [2.45, 2.75) is 65.0 Å². The molecule has 0 spiro atoms. The summed E-state index contributed by atoms with van der Waals surface area (Å²) in [6.45, 7) is 9.92. The van der Waals surface area contributed by atoms with Gasteiger partial charge in [-0.1, -0.05) is 0 Å². The normalized spacial score (nSPS) is 14.4. The minimum atomic E-state index is -1.06. The lowest BCUT2D eigenvalue weighted by Crippen LogP contribution is -2.48. The van der Waals surface area contributed by atoms with Gasteiger partial charge in [0.25, 0.3) is 0 Å². The smallest absolute Gasteiger partial charge is 0.410 e. The predicted molar refractivity (Wildman–Crippen MR) is 93.1 cm³/mol. The average Bonchev–Trinajstić information content (AvgIpc) is 2.40. The molecular weight excluding hydrogens is 330 g/mol. The molecule has 2 atom stereocenters. The summed E-state index contributed by atoms with van der Waals surface area (Å²) in [5.41, 5.74) is 4.00. The van der Waals surface area contributed by atoms with Crippen molar-refractivity contribution in [3.05, 3.63) is 0 Å². The fourth-order valence-corrected chi connectivity index (χ4v) is 1.71. The third kappa shape index (κ3) is 12.4. The number of ether oxygens (including phenoxy) is 2. The first-order chi connectivity index (χ1) is 11.2. The molecule has 0 radical (unpaired) electrons. The molecule has 9 heteroatoms. The molecule has 0 aliphatic rings. The van der Waals surface area contributed by atoms with E-state index in [2.05, 4.69) is 5.32 Å². The van der Waals surface area contributed by atoms with Crippen molar-refractivity contribution in [2.24, 2.45) is 5.73 Å². The molecule has 0 aromatic carbocycles. The first-order valence-corrected chi connectivity index (χ1v) is 8.24. The van der Waals surface area contributed by atoms with Crippen LogP contribution in [-0.2, 0) is 9.47 Å². The molecule has 9 nitrogen and oxygen atoms in total. The molecule has 2 amide bonds. The fraction of sp³-hybridized carbons (Fsp3) is 0.875. The highest BCUT2D eigenvalue weighted by molar-refractivity contribution is 5.68. The first-order valence-electron chi connectivity index (χ1n) is 8.24. The second kappa shape index (κ2) is 9.79. The summed E-state index contributed by atoms with van der Waals surface area (Å²) in [7, 11) is 0. The zero-order valence-corrected chi connectivity index (χ0v) is 16.0. The van der Waals surface area contributed by atoms with Crippen molar-refractivity contribution in [1.29, 1.82) is 0 Å². The number of carbonyl (C=O) groups is 2. The lowest BCUT2D eigenvalue weighted by atomic mass is 10.2. The van der Waals surface area contributed by atoms with Gasteiger partial charge in [-0.05, 0) is 41.5 Å². The van der Waals surface area contributed by atoms with E-state index >= 15 is 0 Å². The van der Waals surface area contributed by atoms with Gasteiger partial charge in [-0.2, -0.15) is 0 Å².